The van der Waals surface area contributed by atoms with Gasteiger partial charge in [-0.1, -0.05) is 42.1 Å². The Bertz CT molecular complexity index is 1360. The molecule has 0 saturated carbocycles. The van der Waals surface area contributed by atoms with Gasteiger partial charge < -0.3 is 5.32 Å². The van der Waals surface area contributed by atoms with Crippen LogP contribution < -0.4 is 5.32 Å². The molecule has 12 heteroatoms. The molecule has 0 bridgehead atoms. The van der Waals surface area contributed by atoms with E-state index in [1.54, 1.807) is 60.0 Å². The highest BCUT2D eigenvalue weighted by Crippen LogP contribution is 2.33. The first kappa shape index (κ1) is 24.4. The van der Waals surface area contributed by atoms with Crippen molar-refractivity contribution < 1.29 is 22.9 Å². The molecular weight excluding hydrogens is 501 g/mol. The molecule has 2 heterocycles. The van der Waals surface area contributed by atoms with Crippen LogP contribution in [0.2, 0.25) is 0 Å². The minimum Gasteiger partial charge on any atom is -0.325 e. The zero-order chi connectivity index (χ0) is 25.0. The largest absolute Gasteiger partial charge is 0.433 e. The van der Waals surface area contributed by atoms with Gasteiger partial charge in [-0.05, 0) is 41.3 Å². The molecule has 0 radical (unpaired) electrons. The van der Waals surface area contributed by atoms with Crippen LogP contribution in [-0.2, 0) is 11.0 Å². The van der Waals surface area contributed by atoms with E-state index < -0.39 is 22.7 Å². The summed E-state index contributed by atoms with van der Waals surface area (Å²) >= 11 is 2.04. The number of anilines is 1. The lowest BCUT2D eigenvalue weighted by Crippen LogP contribution is -2.15. The number of nitro benzene ring substituents is 1. The molecule has 35 heavy (non-hydrogen) atoms. The monoisotopic (exact) mass is 516 g/mol. The van der Waals surface area contributed by atoms with Crippen LogP contribution >= 0.6 is 23.1 Å². The lowest BCUT2D eigenvalue weighted by Gasteiger charge is -2.10. The molecule has 0 aliphatic rings. The van der Waals surface area contributed by atoms with Crippen molar-refractivity contribution in [2.45, 2.75) is 11.3 Å². The van der Waals surface area contributed by atoms with Gasteiger partial charge in [0.1, 0.15) is 5.69 Å². The van der Waals surface area contributed by atoms with Crippen molar-refractivity contribution in [3.63, 3.8) is 0 Å². The minimum absolute atomic E-state index is 0.0382. The molecule has 0 spiro atoms. The van der Waals surface area contributed by atoms with Gasteiger partial charge in [-0.2, -0.15) is 13.2 Å². The topological polar surface area (TPSA) is 98.0 Å². The van der Waals surface area contributed by atoms with Gasteiger partial charge in [-0.3, -0.25) is 14.9 Å². The van der Waals surface area contributed by atoms with Gasteiger partial charge in [0.05, 0.1) is 26.8 Å². The van der Waals surface area contributed by atoms with Crippen molar-refractivity contribution in [3.05, 3.63) is 87.9 Å². The number of hydrogen-bond acceptors (Lipinski definition) is 7. The molecule has 2 aromatic carbocycles. The summed E-state index contributed by atoms with van der Waals surface area (Å²) < 4.78 is 39.9. The molecule has 178 valence electrons. The fourth-order valence-corrected chi connectivity index (χ4v) is 4.47. The quantitative estimate of drug-likeness (QED) is 0.130. The number of hydrogen-bond donors (Lipinski definition) is 1. The van der Waals surface area contributed by atoms with Gasteiger partial charge in [-0.25, -0.2) is 9.97 Å². The van der Waals surface area contributed by atoms with Crippen LogP contribution in [0, 0.1) is 10.1 Å². The van der Waals surface area contributed by atoms with Crippen molar-refractivity contribution in [3.8, 4) is 21.7 Å². The van der Waals surface area contributed by atoms with Crippen LogP contribution in [0.4, 0.5) is 24.5 Å². The van der Waals surface area contributed by atoms with Gasteiger partial charge in [0, 0.05) is 11.8 Å². The van der Waals surface area contributed by atoms with E-state index in [4.69, 9.17) is 0 Å². The summed E-state index contributed by atoms with van der Waals surface area (Å²) in [5.41, 5.74) is 0.489. The second-order valence-corrected chi connectivity index (χ2v) is 8.97. The SMILES string of the molecule is O=C(CSc1nc(-c2cccs2)cc(C(F)(F)F)n1)Nc1ccc(-c2ccccc2[N+](=O)[O-])cc1. The first-order valence-electron chi connectivity index (χ1n) is 9.97. The summed E-state index contributed by atoms with van der Waals surface area (Å²) in [7, 11) is 0. The molecule has 4 aromatic rings. The van der Waals surface area contributed by atoms with E-state index in [-0.39, 0.29) is 22.3 Å². The Morgan fingerprint density at radius 3 is 2.46 bits per heavy atom. The Balaban J connectivity index is 1.44. The number of rotatable bonds is 7. The number of alkyl halides is 3. The molecule has 2 aromatic heterocycles. The minimum atomic E-state index is -4.65. The van der Waals surface area contributed by atoms with Crippen LogP contribution in [0.3, 0.4) is 0 Å². The normalized spacial score (nSPS) is 11.3. The van der Waals surface area contributed by atoms with Crippen LogP contribution in [0.1, 0.15) is 5.69 Å². The average Bonchev–Trinajstić information content (AvgIpc) is 3.38. The number of nitrogens with one attached hydrogen (secondary N) is 1. The highest BCUT2D eigenvalue weighted by atomic mass is 32.2. The van der Waals surface area contributed by atoms with Crippen molar-refractivity contribution in [1.29, 1.82) is 0 Å². The maximum absolute atomic E-state index is 13.3. The van der Waals surface area contributed by atoms with E-state index in [0.717, 1.165) is 17.8 Å². The highest BCUT2D eigenvalue weighted by Gasteiger charge is 2.34. The molecular formula is C23H15F3N4O3S2. The first-order chi connectivity index (χ1) is 16.7. The Morgan fingerprint density at radius 2 is 1.80 bits per heavy atom. The fourth-order valence-electron chi connectivity index (χ4n) is 3.12. The van der Waals surface area contributed by atoms with Crippen LogP contribution in [0.5, 0.6) is 0 Å². The Morgan fingerprint density at radius 1 is 1.06 bits per heavy atom. The first-order valence-corrected chi connectivity index (χ1v) is 11.8. The number of thioether (sulfide) groups is 1. The Kier molecular flexibility index (Phi) is 7.12. The third-order valence-electron chi connectivity index (χ3n) is 4.68. The number of carbonyl (C=O) groups excluding carboxylic acids is 1. The number of nitrogens with zero attached hydrogens (tertiary/aromatic N) is 3. The van der Waals surface area contributed by atoms with Crippen LogP contribution in [-0.4, -0.2) is 26.6 Å². The number of thiophene rings is 1. The highest BCUT2D eigenvalue weighted by molar-refractivity contribution is 7.99. The van der Waals surface area contributed by atoms with E-state index in [2.05, 4.69) is 15.3 Å². The smallest absolute Gasteiger partial charge is 0.325 e. The average molecular weight is 517 g/mol. The van der Waals surface area contributed by atoms with Crippen molar-refractivity contribution >= 4 is 40.4 Å². The maximum atomic E-state index is 13.3. The number of benzene rings is 2. The Hall–Kier alpha value is -3.77. The number of aromatic nitrogens is 2. The summed E-state index contributed by atoms with van der Waals surface area (Å²) in [5.74, 6) is -0.677. The molecule has 0 atom stereocenters. The summed E-state index contributed by atoms with van der Waals surface area (Å²) in [4.78, 5) is 31.4. The molecule has 1 amide bonds. The van der Waals surface area contributed by atoms with E-state index in [1.165, 1.54) is 17.4 Å². The molecule has 0 unspecified atom stereocenters. The summed E-state index contributed by atoms with van der Waals surface area (Å²) in [5, 5.41) is 15.4. The number of nitro groups is 1. The third kappa shape index (κ3) is 6.03. The van der Waals surface area contributed by atoms with Gasteiger partial charge >= 0.3 is 6.18 Å². The number of halogens is 3. The van der Waals surface area contributed by atoms with E-state index >= 15 is 0 Å². The zero-order valence-corrected chi connectivity index (χ0v) is 19.3. The lowest BCUT2D eigenvalue weighted by molar-refractivity contribution is -0.384. The van der Waals surface area contributed by atoms with Gasteiger partial charge in [0.15, 0.2) is 5.16 Å². The summed E-state index contributed by atoms with van der Waals surface area (Å²) in [6.07, 6.45) is -4.65. The van der Waals surface area contributed by atoms with Gasteiger partial charge in [-0.15, -0.1) is 11.3 Å². The van der Waals surface area contributed by atoms with Crippen molar-refractivity contribution in [1.82, 2.24) is 9.97 Å². The summed E-state index contributed by atoms with van der Waals surface area (Å²) in [6.45, 7) is 0. The summed E-state index contributed by atoms with van der Waals surface area (Å²) in [6, 6.07) is 17.0. The second-order valence-electron chi connectivity index (χ2n) is 7.08. The van der Waals surface area contributed by atoms with Crippen molar-refractivity contribution in [2.75, 3.05) is 11.1 Å². The molecule has 0 saturated heterocycles. The molecule has 0 aliphatic heterocycles. The molecule has 4 rings (SSSR count). The number of amides is 1. The van der Waals surface area contributed by atoms with E-state index in [9.17, 15) is 28.1 Å². The number of carbonyl (C=O) groups is 1. The lowest BCUT2D eigenvalue weighted by atomic mass is 10.0. The fraction of sp³-hybridized carbons (Fsp3) is 0.0870. The predicted octanol–water partition coefficient (Wildman–Crippen LogP) is 6.53. The second kappa shape index (κ2) is 10.2. The standard InChI is InChI=1S/C23H15F3N4O3S2/c24-23(25,26)20-12-17(19-6-3-11-34-19)28-22(29-20)35-13-21(31)27-15-9-7-14(8-10-15)16-4-1-2-5-18(16)30(32)33/h1-12H,13H2,(H,27,31). The maximum Gasteiger partial charge on any atom is 0.433 e. The van der Waals surface area contributed by atoms with Gasteiger partial charge in [0.2, 0.25) is 5.91 Å². The molecule has 0 aliphatic carbocycles. The van der Waals surface area contributed by atoms with Crippen molar-refractivity contribution in [2.24, 2.45) is 0 Å². The molecule has 7 nitrogen and oxygen atoms in total. The van der Waals surface area contributed by atoms with Gasteiger partial charge in [0.25, 0.3) is 5.69 Å². The Labute approximate surface area is 205 Å². The van der Waals surface area contributed by atoms with E-state index in [0.29, 0.717) is 21.7 Å². The molecule has 0 fully saturated rings. The molecule has 1 N–H and O–H groups in total. The van der Waals surface area contributed by atoms with E-state index in [1.807, 2.05) is 0 Å². The van der Waals surface area contributed by atoms with Crippen LogP contribution in [0.25, 0.3) is 21.7 Å². The van der Waals surface area contributed by atoms with Crippen LogP contribution in [0.15, 0.2) is 77.3 Å². The number of para-hydroxylation sites is 1. The predicted molar refractivity (Wildman–Crippen MR) is 128 cm³/mol. The zero-order valence-electron chi connectivity index (χ0n) is 17.7. The third-order valence-corrected chi connectivity index (χ3v) is 6.42.